The summed E-state index contributed by atoms with van der Waals surface area (Å²) < 4.78 is 45.5. The second-order valence-corrected chi connectivity index (χ2v) is 6.48. The molecule has 0 spiro atoms. The van der Waals surface area contributed by atoms with Crippen LogP contribution in [-0.4, -0.2) is 47.8 Å². The number of ether oxygens (including phenoxy) is 2. The van der Waals surface area contributed by atoms with E-state index in [0.29, 0.717) is 13.2 Å². The minimum absolute atomic E-state index is 0.00693. The van der Waals surface area contributed by atoms with Gasteiger partial charge in [-0.05, 0) is 18.2 Å². The fraction of sp³-hybridized carbons (Fsp3) is 0.417. The minimum Gasteiger partial charge on any atom is -0.382 e. The smallest absolute Gasteiger partial charge is 0.264 e. The van der Waals surface area contributed by atoms with E-state index in [4.69, 9.17) is 20.2 Å². The van der Waals surface area contributed by atoms with Gasteiger partial charge in [-0.1, -0.05) is 0 Å². The minimum atomic E-state index is -4.25. The molecule has 0 saturated heterocycles. The van der Waals surface area contributed by atoms with Crippen molar-refractivity contribution in [2.24, 2.45) is 0 Å². The second-order valence-electron chi connectivity index (χ2n) is 3.94. The van der Waals surface area contributed by atoms with E-state index in [2.05, 4.69) is 5.32 Å². The van der Waals surface area contributed by atoms with Crippen molar-refractivity contribution in [3.05, 3.63) is 29.6 Å². The average molecular weight is 340 g/mol. The molecule has 9 heteroatoms. The van der Waals surface area contributed by atoms with Crippen molar-refractivity contribution in [3.8, 4) is 0 Å². The standard InChI is InChI=1S/C12H15ClFNO5S/c1-19-6-7-20-5-4-15-12(16)9-2-3-10(14)11(8-9)21(13,17)18/h2-3,8H,4-7H2,1H3,(H,15,16). The molecule has 0 fully saturated rings. The summed E-state index contributed by atoms with van der Waals surface area (Å²) in [6.45, 7) is 1.35. The number of carbonyl (C=O) groups excluding carboxylic acids is 1. The number of carbonyl (C=O) groups is 1. The summed E-state index contributed by atoms with van der Waals surface area (Å²) in [6, 6.07) is 2.93. The molecule has 0 saturated carbocycles. The highest BCUT2D eigenvalue weighted by Crippen LogP contribution is 2.20. The number of rotatable bonds is 8. The topological polar surface area (TPSA) is 81.7 Å². The van der Waals surface area contributed by atoms with E-state index in [1.54, 1.807) is 7.11 Å². The van der Waals surface area contributed by atoms with Gasteiger partial charge < -0.3 is 14.8 Å². The Hall–Kier alpha value is -1.22. The van der Waals surface area contributed by atoms with Crippen LogP contribution < -0.4 is 5.32 Å². The van der Waals surface area contributed by atoms with Crippen molar-refractivity contribution < 1.29 is 27.1 Å². The molecule has 0 heterocycles. The quantitative estimate of drug-likeness (QED) is 0.567. The molecule has 0 aromatic heterocycles. The van der Waals surface area contributed by atoms with Crippen LogP contribution in [0.5, 0.6) is 0 Å². The van der Waals surface area contributed by atoms with Gasteiger partial charge >= 0.3 is 0 Å². The highest BCUT2D eigenvalue weighted by Gasteiger charge is 2.18. The molecule has 0 unspecified atom stereocenters. The monoisotopic (exact) mass is 339 g/mol. The number of nitrogens with one attached hydrogen (secondary N) is 1. The van der Waals surface area contributed by atoms with Gasteiger partial charge in [0.2, 0.25) is 0 Å². The molecule has 1 N–H and O–H groups in total. The van der Waals surface area contributed by atoms with Crippen molar-refractivity contribution in [1.82, 2.24) is 5.32 Å². The lowest BCUT2D eigenvalue weighted by Crippen LogP contribution is -2.27. The summed E-state index contributed by atoms with van der Waals surface area (Å²) in [6.07, 6.45) is 0. The maximum absolute atomic E-state index is 13.3. The highest BCUT2D eigenvalue weighted by molar-refractivity contribution is 8.13. The summed E-state index contributed by atoms with van der Waals surface area (Å²) in [4.78, 5) is 11.0. The molecule has 1 rings (SSSR count). The molecule has 118 valence electrons. The van der Waals surface area contributed by atoms with Gasteiger partial charge in [-0.3, -0.25) is 4.79 Å². The van der Waals surface area contributed by atoms with Crippen molar-refractivity contribution in [1.29, 1.82) is 0 Å². The van der Waals surface area contributed by atoms with Gasteiger partial charge in [0.1, 0.15) is 10.7 Å². The van der Waals surface area contributed by atoms with Gasteiger partial charge in [-0.15, -0.1) is 0 Å². The van der Waals surface area contributed by atoms with Crippen LogP contribution in [-0.2, 0) is 18.5 Å². The lowest BCUT2D eigenvalue weighted by Gasteiger charge is -2.07. The number of hydrogen-bond acceptors (Lipinski definition) is 5. The molecule has 1 aromatic carbocycles. The Morgan fingerprint density at radius 3 is 2.67 bits per heavy atom. The molecule has 0 bridgehead atoms. The van der Waals surface area contributed by atoms with Crippen LogP contribution >= 0.6 is 10.7 Å². The molecule has 1 amide bonds. The van der Waals surface area contributed by atoms with Crippen LogP contribution in [0.2, 0.25) is 0 Å². The summed E-state index contributed by atoms with van der Waals surface area (Å²) >= 11 is 0. The Balaban J connectivity index is 2.59. The predicted molar refractivity (Wildman–Crippen MR) is 74.5 cm³/mol. The van der Waals surface area contributed by atoms with Crippen LogP contribution in [0.4, 0.5) is 4.39 Å². The molecule has 21 heavy (non-hydrogen) atoms. The van der Waals surface area contributed by atoms with Gasteiger partial charge in [0.05, 0.1) is 19.8 Å². The maximum atomic E-state index is 13.3. The van der Waals surface area contributed by atoms with Crippen LogP contribution in [0.25, 0.3) is 0 Å². The lowest BCUT2D eigenvalue weighted by atomic mass is 10.2. The Morgan fingerprint density at radius 2 is 2.05 bits per heavy atom. The van der Waals surface area contributed by atoms with Crippen molar-refractivity contribution in [2.45, 2.75) is 4.90 Å². The number of methoxy groups -OCH3 is 1. The first-order valence-corrected chi connectivity index (χ1v) is 8.26. The Morgan fingerprint density at radius 1 is 1.33 bits per heavy atom. The summed E-state index contributed by atoms with van der Waals surface area (Å²) in [7, 11) is 2.38. The predicted octanol–water partition coefficient (Wildman–Crippen LogP) is 1.15. The first-order valence-electron chi connectivity index (χ1n) is 5.95. The first kappa shape index (κ1) is 17.8. The molecule has 1 aromatic rings. The van der Waals surface area contributed by atoms with Gasteiger partial charge in [-0.2, -0.15) is 0 Å². The van der Waals surface area contributed by atoms with Crippen molar-refractivity contribution in [2.75, 3.05) is 33.5 Å². The number of halogens is 2. The summed E-state index contributed by atoms with van der Waals surface area (Å²) in [5, 5.41) is 2.51. The van der Waals surface area contributed by atoms with Crippen LogP contribution in [0.3, 0.4) is 0 Å². The number of benzene rings is 1. The zero-order valence-electron chi connectivity index (χ0n) is 11.3. The molecule has 0 atom stereocenters. The summed E-state index contributed by atoms with van der Waals surface area (Å²) in [5.74, 6) is -1.56. The molecule has 6 nitrogen and oxygen atoms in total. The van der Waals surface area contributed by atoms with Gasteiger partial charge in [-0.25, -0.2) is 12.8 Å². The zero-order valence-corrected chi connectivity index (χ0v) is 12.8. The largest absolute Gasteiger partial charge is 0.382 e. The third-order valence-electron chi connectivity index (χ3n) is 2.42. The first-order chi connectivity index (χ1) is 9.86. The van der Waals surface area contributed by atoms with Crippen molar-refractivity contribution in [3.63, 3.8) is 0 Å². The lowest BCUT2D eigenvalue weighted by molar-refractivity contribution is 0.0692. The van der Waals surface area contributed by atoms with Crippen LogP contribution in [0.1, 0.15) is 10.4 Å². The molecule has 0 aliphatic rings. The molecular formula is C12H15ClFNO5S. The maximum Gasteiger partial charge on any atom is 0.264 e. The SMILES string of the molecule is COCCOCCNC(=O)c1ccc(F)c(S(=O)(=O)Cl)c1. The Bertz CT molecular complexity index is 593. The molecule has 0 aliphatic heterocycles. The fourth-order valence-corrected chi connectivity index (χ4v) is 2.34. The highest BCUT2D eigenvalue weighted by atomic mass is 35.7. The Labute approximate surface area is 126 Å². The Kier molecular flexibility index (Phi) is 7.03. The van der Waals surface area contributed by atoms with E-state index in [9.17, 15) is 17.6 Å². The van der Waals surface area contributed by atoms with E-state index >= 15 is 0 Å². The van der Waals surface area contributed by atoms with E-state index in [1.165, 1.54) is 6.07 Å². The van der Waals surface area contributed by atoms with Gasteiger partial charge in [0, 0.05) is 29.9 Å². The number of amides is 1. The second kappa shape index (κ2) is 8.28. The van der Waals surface area contributed by atoms with E-state index < -0.39 is 25.7 Å². The third-order valence-corrected chi connectivity index (χ3v) is 3.76. The summed E-state index contributed by atoms with van der Waals surface area (Å²) in [5.41, 5.74) is -0.00693. The van der Waals surface area contributed by atoms with Gasteiger partial charge in [0.15, 0.2) is 0 Å². The van der Waals surface area contributed by atoms with E-state index in [1.807, 2.05) is 0 Å². The van der Waals surface area contributed by atoms with Crippen molar-refractivity contribution >= 4 is 25.6 Å². The fourth-order valence-electron chi connectivity index (χ4n) is 1.41. The third kappa shape index (κ3) is 5.96. The van der Waals surface area contributed by atoms with Crippen LogP contribution in [0, 0.1) is 5.82 Å². The van der Waals surface area contributed by atoms with E-state index in [-0.39, 0.29) is 18.7 Å². The zero-order chi connectivity index (χ0) is 15.9. The molecule has 0 aliphatic carbocycles. The van der Waals surface area contributed by atoms with E-state index in [0.717, 1.165) is 12.1 Å². The number of hydrogen-bond donors (Lipinski definition) is 1. The molecular weight excluding hydrogens is 325 g/mol. The molecule has 0 radical (unpaired) electrons. The average Bonchev–Trinajstić information content (AvgIpc) is 2.41. The van der Waals surface area contributed by atoms with Crippen LogP contribution in [0.15, 0.2) is 23.1 Å². The van der Waals surface area contributed by atoms with Gasteiger partial charge in [0.25, 0.3) is 15.0 Å². The normalized spacial score (nSPS) is 11.4.